The van der Waals surface area contributed by atoms with Crippen molar-refractivity contribution in [2.75, 3.05) is 19.6 Å². The van der Waals surface area contributed by atoms with Crippen molar-refractivity contribution in [1.82, 2.24) is 14.9 Å². The molecule has 1 aromatic rings. The number of halogens is 4. The van der Waals surface area contributed by atoms with Gasteiger partial charge in [-0.2, -0.15) is 13.2 Å². The summed E-state index contributed by atoms with van der Waals surface area (Å²) >= 11 is 0. The number of aromatic nitrogens is 2. The third-order valence-corrected chi connectivity index (χ3v) is 4.77. The molecule has 1 aliphatic heterocycles. The summed E-state index contributed by atoms with van der Waals surface area (Å²) < 4.78 is 52.0. The molecule has 0 radical (unpaired) electrons. The lowest BCUT2D eigenvalue weighted by molar-refractivity contribution is -0.143. The van der Waals surface area contributed by atoms with Gasteiger partial charge in [-0.3, -0.25) is 4.79 Å². The summed E-state index contributed by atoms with van der Waals surface area (Å²) in [6.45, 7) is 0.581. The van der Waals surface area contributed by atoms with Crippen LogP contribution in [0.3, 0.4) is 0 Å². The van der Waals surface area contributed by atoms with E-state index in [1.165, 1.54) is 0 Å². The van der Waals surface area contributed by atoms with Crippen molar-refractivity contribution in [3.63, 3.8) is 0 Å². The van der Waals surface area contributed by atoms with Crippen LogP contribution in [0.25, 0.3) is 0 Å². The third kappa shape index (κ3) is 3.22. The number of rotatable bonds is 3. The van der Waals surface area contributed by atoms with E-state index in [4.69, 9.17) is 5.73 Å². The average Bonchev–Trinajstić information content (AvgIpc) is 3.00. The summed E-state index contributed by atoms with van der Waals surface area (Å²) in [7, 11) is 0. The molecule has 1 aromatic heterocycles. The molecule has 1 unspecified atom stereocenters. The van der Waals surface area contributed by atoms with E-state index in [-0.39, 0.29) is 49.5 Å². The molecular weight excluding hydrogens is 328 g/mol. The molecule has 9 heteroatoms. The number of nitrogens with two attached hydrogens (primary N) is 1. The minimum Gasteiger partial charge on any atom is -0.342 e. The summed E-state index contributed by atoms with van der Waals surface area (Å²) in [5, 5.41) is 0. The second-order valence-corrected chi connectivity index (χ2v) is 6.53. The van der Waals surface area contributed by atoms with E-state index in [1.54, 1.807) is 4.90 Å². The molecular formula is C15H18F4N4O. The maximum atomic E-state index is 13.8. The largest absolute Gasteiger partial charge is 0.433 e. The lowest BCUT2D eigenvalue weighted by Gasteiger charge is -2.41. The van der Waals surface area contributed by atoms with Crippen molar-refractivity contribution >= 4 is 5.91 Å². The number of alkyl halides is 4. The Morgan fingerprint density at radius 1 is 1.42 bits per heavy atom. The van der Waals surface area contributed by atoms with Crippen LogP contribution in [0.4, 0.5) is 17.6 Å². The Morgan fingerprint density at radius 3 is 2.75 bits per heavy atom. The summed E-state index contributed by atoms with van der Waals surface area (Å²) in [5.74, 6) is -0.789. The van der Waals surface area contributed by atoms with Crippen LogP contribution >= 0.6 is 0 Å². The first kappa shape index (κ1) is 17.1. The predicted octanol–water partition coefficient (Wildman–Crippen LogP) is 1.89. The van der Waals surface area contributed by atoms with E-state index in [0.29, 0.717) is 13.0 Å². The number of likely N-dealkylation sites (tertiary alicyclic amines) is 1. The molecule has 2 heterocycles. The fourth-order valence-electron chi connectivity index (χ4n) is 3.32. The smallest absolute Gasteiger partial charge is 0.342 e. The second kappa shape index (κ2) is 5.94. The standard InChI is InChI=1S/C15H18F4N4O/c16-14(8-20)5-10(6-14)13(24)23-4-2-9(7-23)12-21-3-1-11(22-12)15(17,18)19/h1,3,9-10H,2,4-8,20H2. The van der Waals surface area contributed by atoms with Crippen LogP contribution in [-0.2, 0) is 11.0 Å². The maximum absolute atomic E-state index is 13.8. The van der Waals surface area contributed by atoms with Gasteiger partial charge in [0.15, 0.2) is 0 Å². The number of nitrogens with zero attached hydrogens (tertiary/aromatic N) is 3. The van der Waals surface area contributed by atoms with Crippen LogP contribution in [0.5, 0.6) is 0 Å². The van der Waals surface area contributed by atoms with Gasteiger partial charge < -0.3 is 10.6 Å². The highest BCUT2D eigenvalue weighted by molar-refractivity contribution is 5.80. The van der Waals surface area contributed by atoms with Gasteiger partial charge in [0, 0.05) is 37.7 Å². The quantitative estimate of drug-likeness (QED) is 0.849. The van der Waals surface area contributed by atoms with Gasteiger partial charge in [0.25, 0.3) is 0 Å². The molecule has 5 nitrogen and oxygen atoms in total. The van der Waals surface area contributed by atoms with E-state index in [1.807, 2.05) is 0 Å². The van der Waals surface area contributed by atoms with Crippen molar-refractivity contribution in [2.45, 2.75) is 37.0 Å². The molecule has 1 atom stereocenters. The van der Waals surface area contributed by atoms with E-state index in [9.17, 15) is 22.4 Å². The molecule has 132 valence electrons. The van der Waals surface area contributed by atoms with Crippen LogP contribution in [0.1, 0.15) is 36.7 Å². The number of hydrogen-bond donors (Lipinski definition) is 1. The molecule has 1 amide bonds. The van der Waals surface area contributed by atoms with Crippen molar-refractivity contribution in [3.05, 3.63) is 23.8 Å². The molecule has 0 spiro atoms. The Hall–Kier alpha value is -1.77. The van der Waals surface area contributed by atoms with E-state index >= 15 is 0 Å². The van der Waals surface area contributed by atoms with Crippen LogP contribution in [0, 0.1) is 5.92 Å². The fraction of sp³-hybridized carbons (Fsp3) is 0.667. The molecule has 3 rings (SSSR count). The first-order valence-electron chi connectivity index (χ1n) is 7.80. The molecule has 24 heavy (non-hydrogen) atoms. The third-order valence-electron chi connectivity index (χ3n) is 4.77. The topological polar surface area (TPSA) is 72.1 Å². The summed E-state index contributed by atoms with van der Waals surface area (Å²) in [5.41, 5.74) is 2.88. The number of carbonyl (C=O) groups excluding carboxylic acids is 1. The summed E-state index contributed by atoms with van der Waals surface area (Å²) in [4.78, 5) is 21.4. The van der Waals surface area contributed by atoms with Gasteiger partial charge in [-0.05, 0) is 25.3 Å². The Morgan fingerprint density at radius 2 is 2.12 bits per heavy atom. The molecule has 0 aromatic carbocycles. The van der Waals surface area contributed by atoms with Gasteiger partial charge in [-0.1, -0.05) is 0 Å². The zero-order valence-corrected chi connectivity index (χ0v) is 12.9. The maximum Gasteiger partial charge on any atom is 0.433 e. The molecule has 0 bridgehead atoms. The summed E-state index contributed by atoms with van der Waals surface area (Å²) in [6.07, 6.45) is -2.71. The average molecular weight is 346 g/mol. The first-order valence-corrected chi connectivity index (χ1v) is 7.80. The SMILES string of the molecule is NCC1(F)CC(C(=O)N2CCC(c3nccc(C(F)(F)F)n3)C2)C1. The van der Waals surface area contributed by atoms with Gasteiger partial charge in [-0.25, -0.2) is 14.4 Å². The fourth-order valence-corrected chi connectivity index (χ4v) is 3.32. The minimum atomic E-state index is -4.52. The highest BCUT2D eigenvalue weighted by atomic mass is 19.4. The Bertz CT molecular complexity index is 630. The van der Waals surface area contributed by atoms with Crippen LogP contribution < -0.4 is 5.73 Å². The zero-order valence-electron chi connectivity index (χ0n) is 12.9. The molecule has 2 N–H and O–H groups in total. The van der Waals surface area contributed by atoms with Gasteiger partial charge >= 0.3 is 6.18 Å². The van der Waals surface area contributed by atoms with Crippen LogP contribution in [0.15, 0.2) is 12.3 Å². The first-order chi connectivity index (χ1) is 11.2. The zero-order chi connectivity index (χ0) is 17.5. The van der Waals surface area contributed by atoms with Crippen molar-refractivity contribution in [2.24, 2.45) is 11.7 Å². The van der Waals surface area contributed by atoms with Crippen molar-refractivity contribution in [1.29, 1.82) is 0 Å². The highest BCUT2D eigenvalue weighted by Crippen LogP contribution is 2.42. The molecule has 2 aliphatic rings. The molecule has 2 fully saturated rings. The number of carbonyl (C=O) groups is 1. The van der Waals surface area contributed by atoms with Gasteiger partial charge in [0.2, 0.25) is 5.91 Å². The number of hydrogen-bond acceptors (Lipinski definition) is 4. The second-order valence-electron chi connectivity index (χ2n) is 6.53. The van der Waals surface area contributed by atoms with Crippen LogP contribution in [-0.4, -0.2) is 46.1 Å². The molecule has 1 saturated heterocycles. The van der Waals surface area contributed by atoms with Crippen molar-refractivity contribution < 1.29 is 22.4 Å². The minimum absolute atomic E-state index is 0.0931. The van der Waals surface area contributed by atoms with Gasteiger partial charge in [-0.15, -0.1) is 0 Å². The Kier molecular flexibility index (Phi) is 4.23. The highest BCUT2D eigenvalue weighted by Gasteiger charge is 2.49. The Balaban J connectivity index is 1.63. The lowest BCUT2D eigenvalue weighted by atomic mass is 9.71. The molecule has 1 saturated carbocycles. The molecule has 1 aliphatic carbocycles. The predicted molar refractivity (Wildman–Crippen MR) is 76.6 cm³/mol. The van der Waals surface area contributed by atoms with Gasteiger partial charge in [0.05, 0.1) is 0 Å². The number of amides is 1. The normalized spacial score (nSPS) is 30.3. The van der Waals surface area contributed by atoms with Gasteiger partial charge in [0.1, 0.15) is 17.2 Å². The van der Waals surface area contributed by atoms with E-state index < -0.39 is 17.5 Å². The monoisotopic (exact) mass is 346 g/mol. The van der Waals surface area contributed by atoms with E-state index in [0.717, 1.165) is 12.3 Å². The van der Waals surface area contributed by atoms with Crippen LogP contribution in [0.2, 0.25) is 0 Å². The summed E-state index contributed by atoms with van der Waals surface area (Å²) in [6, 6.07) is 0.823. The lowest BCUT2D eigenvalue weighted by Crippen LogP contribution is -2.51. The van der Waals surface area contributed by atoms with E-state index in [2.05, 4.69) is 9.97 Å². The Labute approximate surface area is 136 Å². The van der Waals surface area contributed by atoms with Crippen molar-refractivity contribution in [3.8, 4) is 0 Å².